The third-order valence-corrected chi connectivity index (χ3v) is 4.49. The third kappa shape index (κ3) is 4.95. The number of benzene rings is 2. The quantitative estimate of drug-likeness (QED) is 0.911. The van der Waals surface area contributed by atoms with Crippen LogP contribution in [0.1, 0.15) is 18.1 Å². The van der Waals surface area contributed by atoms with Gasteiger partial charge in [0.15, 0.2) is 0 Å². The highest BCUT2D eigenvalue weighted by Crippen LogP contribution is 2.14. The smallest absolute Gasteiger partial charge is 0.115 e. The lowest BCUT2D eigenvalue weighted by atomic mass is 10.1. The van der Waals surface area contributed by atoms with E-state index >= 15 is 0 Å². The van der Waals surface area contributed by atoms with Gasteiger partial charge in [-0.25, -0.2) is 0 Å². The molecule has 0 amide bonds. The molecule has 0 unspecified atom stereocenters. The SMILES string of the molecule is C/C(=C\c1ccccc1)CN1CCN(Cc2ccc(O)cc2)CC1. The van der Waals surface area contributed by atoms with Gasteiger partial charge in [-0.3, -0.25) is 9.80 Å². The van der Waals surface area contributed by atoms with Gasteiger partial charge in [-0.2, -0.15) is 0 Å². The summed E-state index contributed by atoms with van der Waals surface area (Å²) in [5, 5.41) is 9.36. The summed E-state index contributed by atoms with van der Waals surface area (Å²) in [5.41, 5.74) is 3.95. The average Bonchev–Trinajstić information content (AvgIpc) is 2.59. The van der Waals surface area contributed by atoms with Gasteiger partial charge in [-0.1, -0.05) is 54.1 Å². The highest BCUT2D eigenvalue weighted by atomic mass is 16.3. The largest absolute Gasteiger partial charge is 0.508 e. The van der Waals surface area contributed by atoms with E-state index in [2.05, 4.69) is 53.1 Å². The lowest BCUT2D eigenvalue weighted by Crippen LogP contribution is -2.46. The van der Waals surface area contributed by atoms with Crippen molar-refractivity contribution >= 4 is 6.08 Å². The van der Waals surface area contributed by atoms with Crippen LogP contribution in [-0.2, 0) is 6.54 Å². The van der Waals surface area contributed by atoms with Crippen molar-refractivity contribution < 1.29 is 5.11 Å². The molecule has 0 spiro atoms. The van der Waals surface area contributed by atoms with Crippen molar-refractivity contribution in [2.75, 3.05) is 32.7 Å². The predicted molar refractivity (Wildman–Crippen MR) is 99.9 cm³/mol. The minimum atomic E-state index is 0.337. The van der Waals surface area contributed by atoms with Gasteiger partial charge in [0.2, 0.25) is 0 Å². The van der Waals surface area contributed by atoms with E-state index in [-0.39, 0.29) is 0 Å². The fourth-order valence-corrected chi connectivity index (χ4v) is 3.20. The van der Waals surface area contributed by atoms with Crippen molar-refractivity contribution in [1.29, 1.82) is 0 Å². The molecule has 3 rings (SSSR count). The zero-order valence-electron chi connectivity index (χ0n) is 14.4. The van der Waals surface area contributed by atoms with Crippen molar-refractivity contribution in [2.24, 2.45) is 0 Å². The molecule has 0 atom stereocenters. The molecule has 2 aromatic rings. The Morgan fingerprint density at radius 1 is 0.917 bits per heavy atom. The molecule has 1 N–H and O–H groups in total. The number of phenols is 1. The highest BCUT2D eigenvalue weighted by Gasteiger charge is 2.16. The van der Waals surface area contributed by atoms with Crippen LogP contribution in [0.4, 0.5) is 0 Å². The molecule has 0 saturated carbocycles. The van der Waals surface area contributed by atoms with E-state index in [0.29, 0.717) is 5.75 Å². The Morgan fingerprint density at radius 2 is 1.54 bits per heavy atom. The molecule has 3 heteroatoms. The Bertz CT molecular complexity index is 656. The second-order valence-electron chi connectivity index (χ2n) is 6.62. The fourth-order valence-electron chi connectivity index (χ4n) is 3.20. The summed E-state index contributed by atoms with van der Waals surface area (Å²) >= 11 is 0. The van der Waals surface area contributed by atoms with E-state index in [1.807, 2.05) is 12.1 Å². The number of nitrogens with zero attached hydrogens (tertiary/aromatic N) is 2. The molecule has 0 aromatic heterocycles. The molecule has 1 aliphatic rings. The van der Waals surface area contributed by atoms with Crippen LogP contribution in [0.2, 0.25) is 0 Å². The highest BCUT2D eigenvalue weighted by molar-refractivity contribution is 5.52. The summed E-state index contributed by atoms with van der Waals surface area (Å²) in [6.45, 7) is 8.64. The monoisotopic (exact) mass is 322 g/mol. The van der Waals surface area contributed by atoms with Gasteiger partial charge in [0.25, 0.3) is 0 Å². The number of hydrogen-bond acceptors (Lipinski definition) is 3. The lowest BCUT2D eigenvalue weighted by Gasteiger charge is -2.35. The van der Waals surface area contributed by atoms with E-state index < -0.39 is 0 Å². The molecule has 3 nitrogen and oxygen atoms in total. The summed E-state index contributed by atoms with van der Waals surface area (Å²) < 4.78 is 0. The molecule has 1 saturated heterocycles. The van der Waals surface area contributed by atoms with Crippen LogP contribution in [-0.4, -0.2) is 47.6 Å². The van der Waals surface area contributed by atoms with Crippen LogP contribution in [0.25, 0.3) is 6.08 Å². The van der Waals surface area contributed by atoms with Gasteiger partial charge in [-0.05, 0) is 30.2 Å². The fraction of sp³-hybridized carbons (Fsp3) is 0.333. The van der Waals surface area contributed by atoms with Crippen LogP contribution in [0.15, 0.2) is 60.2 Å². The minimum absolute atomic E-state index is 0.337. The van der Waals surface area contributed by atoms with E-state index in [0.717, 1.165) is 39.3 Å². The predicted octanol–water partition coefficient (Wildman–Crippen LogP) is 3.61. The van der Waals surface area contributed by atoms with Crippen molar-refractivity contribution in [1.82, 2.24) is 9.80 Å². The number of phenolic OH excluding ortho intramolecular Hbond substituents is 1. The Morgan fingerprint density at radius 3 is 2.21 bits per heavy atom. The molecular formula is C21H26N2O. The summed E-state index contributed by atoms with van der Waals surface area (Å²) in [4.78, 5) is 5.02. The summed E-state index contributed by atoms with van der Waals surface area (Å²) in [7, 11) is 0. The molecule has 2 aromatic carbocycles. The zero-order chi connectivity index (χ0) is 16.8. The van der Waals surface area contributed by atoms with Crippen LogP contribution < -0.4 is 0 Å². The van der Waals surface area contributed by atoms with Crippen molar-refractivity contribution in [2.45, 2.75) is 13.5 Å². The number of piperazine rings is 1. The zero-order valence-corrected chi connectivity index (χ0v) is 14.4. The van der Waals surface area contributed by atoms with Crippen molar-refractivity contribution in [3.05, 3.63) is 71.3 Å². The summed E-state index contributed by atoms with van der Waals surface area (Å²) in [6, 6.07) is 18.1. The van der Waals surface area contributed by atoms with E-state index in [4.69, 9.17) is 0 Å². The van der Waals surface area contributed by atoms with Gasteiger partial charge in [-0.15, -0.1) is 0 Å². The Balaban J connectivity index is 1.46. The van der Waals surface area contributed by atoms with Gasteiger partial charge in [0, 0.05) is 39.3 Å². The summed E-state index contributed by atoms with van der Waals surface area (Å²) in [5.74, 6) is 0.337. The number of aromatic hydroxyl groups is 1. The third-order valence-electron chi connectivity index (χ3n) is 4.49. The van der Waals surface area contributed by atoms with Gasteiger partial charge in [0.1, 0.15) is 5.75 Å². The maximum absolute atomic E-state index is 9.36. The maximum atomic E-state index is 9.36. The Hall–Kier alpha value is -2.10. The van der Waals surface area contributed by atoms with Crippen LogP contribution in [0.5, 0.6) is 5.75 Å². The van der Waals surface area contributed by atoms with Crippen molar-refractivity contribution in [3.63, 3.8) is 0 Å². The normalized spacial score (nSPS) is 17.1. The summed E-state index contributed by atoms with van der Waals surface area (Å²) in [6.07, 6.45) is 2.28. The minimum Gasteiger partial charge on any atom is -0.508 e. The molecule has 1 fully saturated rings. The first-order valence-electron chi connectivity index (χ1n) is 8.64. The molecule has 0 radical (unpaired) electrons. The topological polar surface area (TPSA) is 26.7 Å². The standard InChI is InChI=1S/C21H26N2O/c1-18(15-19-5-3-2-4-6-19)16-22-11-13-23(14-12-22)17-20-7-9-21(24)10-8-20/h2-10,15,24H,11-14,16-17H2,1H3/b18-15+. The van der Waals surface area contributed by atoms with Gasteiger partial charge < -0.3 is 5.11 Å². The molecule has 126 valence electrons. The molecule has 1 aliphatic heterocycles. The number of rotatable bonds is 5. The number of hydrogen-bond donors (Lipinski definition) is 1. The Kier molecular flexibility index (Phi) is 5.68. The molecule has 0 aliphatic carbocycles. The maximum Gasteiger partial charge on any atom is 0.115 e. The first kappa shape index (κ1) is 16.7. The van der Waals surface area contributed by atoms with Gasteiger partial charge >= 0.3 is 0 Å². The van der Waals surface area contributed by atoms with E-state index in [1.54, 1.807) is 12.1 Å². The lowest BCUT2D eigenvalue weighted by molar-refractivity contribution is 0.135. The molecule has 0 bridgehead atoms. The van der Waals surface area contributed by atoms with Crippen LogP contribution >= 0.6 is 0 Å². The van der Waals surface area contributed by atoms with E-state index in [9.17, 15) is 5.11 Å². The Labute approximate surface area is 144 Å². The first-order valence-corrected chi connectivity index (χ1v) is 8.64. The molecular weight excluding hydrogens is 296 g/mol. The molecule has 24 heavy (non-hydrogen) atoms. The van der Waals surface area contributed by atoms with Gasteiger partial charge in [0.05, 0.1) is 0 Å². The van der Waals surface area contributed by atoms with Crippen molar-refractivity contribution in [3.8, 4) is 5.75 Å². The molecule has 1 heterocycles. The first-order chi connectivity index (χ1) is 11.7. The van der Waals surface area contributed by atoms with Crippen LogP contribution in [0.3, 0.4) is 0 Å². The second-order valence-corrected chi connectivity index (χ2v) is 6.62. The van der Waals surface area contributed by atoms with Crippen LogP contribution in [0, 0.1) is 0 Å². The second kappa shape index (κ2) is 8.13. The van der Waals surface area contributed by atoms with E-state index in [1.165, 1.54) is 16.7 Å². The average molecular weight is 322 g/mol.